The summed E-state index contributed by atoms with van der Waals surface area (Å²) < 4.78 is 10.7. The summed E-state index contributed by atoms with van der Waals surface area (Å²) in [6.45, 7) is 1.49. The van der Waals surface area contributed by atoms with Gasteiger partial charge in [-0.1, -0.05) is 0 Å². The maximum atomic E-state index is 11.2. The lowest BCUT2D eigenvalue weighted by atomic mass is 10.3. The fourth-order valence-electron chi connectivity index (χ4n) is 1.87. The number of nitrogens with two attached hydrogens (primary N) is 1. The maximum absolute atomic E-state index is 11.2. The number of carbonyl (C=O) groups is 1. The number of hydrogen-bond acceptors (Lipinski definition) is 9. The van der Waals surface area contributed by atoms with Crippen molar-refractivity contribution >= 4 is 23.2 Å². The number of anilines is 1. The van der Waals surface area contributed by atoms with Gasteiger partial charge in [0.1, 0.15) is 16.3 Å². The van der Waals surface area contributed by atoms with Gasteiger partial charge in [-0.15, -0.1) is 11.3 Å². The van der Waals surface area contributed by atoms with Crippen LogP contribution in [0.5, 0.6) is 11.8 Å². The molecule has 0 aliphatic heterocycles. The first-order chi connectivity index (χ1) is 11.5. The molecule has 130 valence electrons. The van der Waals surface area contributed by atoms with Gasteiger partial charge in [0.15, 0.2) is 0 Å². The molecule has 0 bridgehead atoms. The fraction of sp³-hybridized carbons (Fsp3) is 0.429. The lowest BCUT2D eigenvalue weighted by Crippen LogP contribution is -2.21. The molecule has 1 amide bonds. The summed E-state index contributed by atoms with van der Waals surface area (Å²) in [5.74, 6) is 0.401. The molecule has 10 heteroatoms. The van der Waals surface area contributed by atoms with Crippen molar-refractivity contribution in [1.82, 2.24) is 19.9 Å². The molecule has 0 saturated carbocycles. The molecule has 2 aromatic heterocycles. The van der Waals surface area contributed by atoms with Gasteiger partial charge in [-0.05, 0) is 14.1 Å². The lowest BCUT2D eigenvalue weighted by Gasteiger charge is -2.14. The van der Waals surface area contributed by atoms with Crippen LogP contribution in [0.3, 0.4) is 0 Å². The Kier molecular flexibility index (Phi) is 5.88. The number of likely N-dealkylation sites (N-methyl/N-ethyl adjacent to an activating group) is 1. The van der Waals surface area contributed by atoms with E-state index in [0.29, 0.717) is 34.8 Å². The third kappa shape index (κ3) is 4.09. The van der Waals surface area contributed by atoms with E-state index in [9.17, 15) is 4.79 Å². The van der Waals surface area contributed by atoms with Crippen LogP contribution < -0.4 is 20.5 Å². The van der Waals surface area contributed by atoms with Gasteiger partial charge in [0.05, 0.1) is 14.2 Å². The Balaban J connectivity index is 2.37. The van der Waals surface area contributed by atoms with Gasteiger partial charge in [-0.25, -0.2) is 4.98 Å². The van der Waals surface area contributed by atoms with E-state index >= 15 is 0 Å². The Hall–Kier alpha value is -2.46. The molecule has 0 atom stereocenters. The first-order valence-corrected chi connectivity index (χ1v) is 7.98. The quantitative estimate of drug-likeness (QED) is 0.713. The second kappa shape index (κ2) is 7.88. The van der Waals surface area contributed by atoms with Gasteiger partial charge >= 0.3 is 0 Å². The fourth-order valence-corrected chi connectivity index (χ4v) is 2.71. The Bertz CT molecular complexity index is 693. The minimum atomic E-state index is -0.599. The average molecular weight is 352 g/mol. The van der Waals surface area contributed by atoms with E-state index in [-0.39, 0.29) is 5.69 Å². The van der Waals surface area contributed by atoms with Crippen LogP contribution >= 0.6 is 11.3 Å². The summed E-state index contributed by atoms with van der Waals surface area (Å²) in [4.78, 5) is 26.1. The van der Waals surface area contributed by atoms with Crippen molar-refractivity contribution in [3.63, 3.8) is 0 Å². The van der Waals surface area contributed by atoms with Crippen LogP contribution in [0.2, 0.25) is 0 Å². The number of methoxy groups -OCH3 is 2. The number of ether oxygens (including phenoxy) is 2. The largest absolute Gasteiger partial charge is 0.480 e. The molecule has 9 nitrogen and oxygen atoms in total. The van der Waals surface area contributed by atoms with Gasteiger partial charge in [-0.3, -0.25) is 4.79 Å². The van der Waals surface area contributed by atoms with Gasteiger partial charge in [0, 0.05) is 18.5 Å². The summed E-state index contributed by atoms with van der Waals surface area (Å²) in [6, 6.07) is 0. The maximum Gasteiger partial charge on any atom is 0.268 e. The highest BCUT2D eigenvalue weighted by Gasteiger charge is 2.21. The molecule has 24 heavy (non-hydrogen) atoms. The normalized spacial score (nSPS) is 10.7. The minimum Gasteiger partial charge on any atom is -0.480 e. The van der Waals surface area contributed by atoms with E-state index < -0.39 is 5.91 Å². The van der Waals surface area contributed by atoms with Gasteiger partial charge < -0.3 is 25.4 Å². The lowest BCUT2D eigenvalue weighted by molar-refractivity contribution is 0.0996. The van der Waals surface area contributed by atoms with Crippen LogP contribution in [0, 0.1) is 0 Å². The highest BCUT2D eigenvalue weighted by molar-refractivity contribution is 7.13. The third-order valence-corrected chi connectivity index (χ3v) is 3.90. The van der Waals surface area contributed by atoms with E-state index in [1.807, 2.05) is 19.0 Å². The smallest absolute Gasteiger partial charge is 0.268 e. The van der Waals surface area contributed by atoms with E-state index in [0.717, 1.165) is 6.54 Å². The number of rotatable bonds is 8. The van der Waals surface area contributed by atoms with E-state index in [1.54, 1.807) is 5.38 Å². The van der Waals surface area contributed by atoms with Gasteiger partial charge in [-0.2, -0.15) is 9.97 Å². The van der Waals surface area contributed by atoms with Crippen molar-refractivity contribution in [2.75, 3.05) is 46.7 Å². The zero-order valence-corrected chi connectivity index (χ0v) is 14.8. The Labute approximate surface area is 143 Å². The van der Waals surface area contributed by atoms with Crippen LogP contribution in [0.25, 0.3) is 10.6 Å². The Morgan fingerprint density at radius 3 is 2.33 bits per heavy atom. The predicted octanol–water partition coefficient (Wildman–Crippen LogP) is 0.690. The summed E-state index contributed by atoms with van der Waals surface area (Å²) in [6.07, 6.45) is 0. The van der Waals surface area contributed by atoms with Crippen molar-refractivity contribution in [3.8, 4) is 22.3 Å². The van der Waals surface area contributed by atoms with E-state index in [2.05, 4.69) is 20.3 Å². The number of thiazole rings is 1. The molecule has 0 spiro atoms. The molecule has 0 saturated heterocycles. The molecule has 0 aliphatic rings. The molecule has 2 aromatic rings. The van der Waals surface area contributed by atoms with E-state index in [4.69, 9.17) is 15.2 Å². The number of aromatic nitrogens is 3. The monoisotopic (exact) mass is 352 g/mol. The van der Waals surface area contributed by atoms with Crippen LogP contribution in [0.4, 0.5) is 5.95 Å². The molecule has 0 radical (unpaired) electrons. The highest BCUT2D eigenvalue weighted by atomic mass is 32.1. The van der Waals surface area contributed by atoms with Crippen molar-refractivity contribution < 1.29 is 14.3 Å². The van der Waals surface area contributed by atoms with Crippen LogP contribution in [0.1, 0.15) is 10.5 Å². The predicted molar refractivity (Wildman–Crippen MR) is 91.8 cm³/mol. The first-order valence-electron chi connectivity index (χ1n) is 7.10. The number of amides is 1. The minimum absolute atomic E-state index is 0.173. The number of nitrogens with zero attached hydrogens (tertiary/aromatic N) is 4. The molecule has 0 unspecified atom stereocenters. The van der Waals surface area contributed by atoms with Crippen molar-refractivity contribution in [2.24, 2.45) is 5.73 Å². The zero-order valence-electron chi connectivity index (χ0n) is 14.0. The van der Waals surface area contributed by atoms with Gasteiger partial charge in [0.2, 0.25) is 17.7 Å². The SMILES string of the molecule is COc1nc(NCCN(C)C)nc(OC)c1-c1nc(C(N)=O)cs1. The summed E-state index contributed by atoms with van der Waals surface area (Å²) in [5, 5.41) is 5.18. The summed E-state index contributed by atoms with van der Waals surface area (Å²) in [7, 11) is 6.95. The Morgan fingerprint density at radius 1 is 1.25 bits per heavy atom. The summed E-state index contributed by atoms with van der Waals surface area (Å²) >= 11 is 1.24. The molecule has 3 N–H and O–H groups in total. The number of carbonyl (C=O) groups excluding carboxylic acids is 1. The first kappa shape index (κ1) is 17.9. The molecule has 0 aliphatic carbocycles. The van der Waals surface area contributed by atoms with E-state index in [1.165, 1.54) is 25.6 Å². The Morgan fingerprint density at radius 2 is 1.88 bits per heavy atom. The highest BCUT2D eigenvalue weighted by Crippen LogP contribution is 2.38. The molecule has 2 heterocycles. The van der Waals surface area contributed by atoms with Crippen molar-refractivity contribution in [3.05, 3.63) is 11.1 Å². The zero-order chi connectivity index (χ0) is 17.7. The standard InChI is InChI=1S/C14H20N6O3S/c1-20(2)6-5-16-14-18-11(22-3)9(12(19-14)23-4)13-17-8(7-24-13)10(15)21/h7H,5-6H2,1-4H3,(H2,15,21)(H,16,18,19). The summed E-state index contributed by atoms with van der Waals surface area (Å²) in [5.41, 5.74) is 5.90. The van der Waals surface area contributed by atoms with Crippen molar-refractivity contribution in [2.45, 2.75) is 0 Å². The topological polar surface area (TPSA) is 115 Å². The molecular weight excluding hydrogens is 332 g/mol. The molecule has 2 rings (SSSR count). The second-order valence-electron chi connectivity index (χ2n) is 5.07. The van der Waals surface area contributed by atoms with Crippen LogP contribution in [-0.4, -0.2) is 67.2 Å². The number of nitrogens with one attached hydrogen (secondary N) is 1. The number of hydrogen-bond donors (Lipinski definition) is 2. The van der Waals surface area contributed by atoms with Crippen LogP contribution in [0.15, 0.2) is 5.38 Å². The molecular formula is C14H20N6O3S. The van der Waals surface area contributed by atoms with Gasteiger partial charge in [0.25, 0.3) is 5.91 Å². The third-order valence-electron chi connectivity index (χ3n) is 3.04. The molecule has 0 aromatic carbocycles. The number of primary amides is 1. The second-order valence-corrected chi connectivity index (χ2v) is 5.93. The van der Waals surface area contributed by atoms with Crippen molar-refractivity contribution in [1.29, 1.82) is 0 Å². The average Bonchev–Trinajstić information content (AvgIpc) is 3.03. The van der Waals surface area contributed by atoms with Crippen LogP contribution in [-0.2, 0) is 0 Å². The molecule has 0 fully saturated rings.